The van der Waals surface area contributed by atoms with Crippen LogP contribution < -0.4 is 5.32 Å². The van der Waals surface area contributed by atoms with Crippen LogP contribution in [-0.2, 0) is 16.0 Å². The monoisotopic (exact) mass is 294 g/mol. The van der Waals surface area contributed by atoms with Crippen LogP contribution in [-0.4, -0.2) is 61.4 Å². The first-order valence-corrected chi connectivity index (χ1v) is 7.61. The Bertz CT molecular complexity index is 442. The van der Waals surface area contributed by atoms with Crippen LogP contribution in [0.1, 0.15) is 30.2 Å². The molecule has 0 aromatic carbocycles. The standard InChI is InChI=1S/C15H26N4O2/c1-4-19-6-8-21-14(11-19)15-17-12(2)9-13(18-15)10-16-5-7-20-3/h9,14,16H,4-8,10-11H2,1-3H3. The Hall–Kier alpha value is -1.08. The fraction of sp³-hybridized carbons (Fsp3) is 0.733. The van der Waals surface area contributed by atoms with Crippen molar-refractivity contribution in [3.8, 4) is 0 Å². The molecule has 1 aromatic heterocycles. The molecule has 0 saturated carbocycles. The lowest BCUT2D eigenvalue weighted by Gasteiger charge is -2.31. The van der Waals surface area contributed by atoms with E-state index in [-0.39, 0.29) is 6.10 Å². The van der Waals surface area contributed by atoms with Gasteiger partial charge in [-0.25, -0.2) is 9.97 Å². The summed E-state index contributed by atoms with van der Waals surface area (Å²) in [6.45, 7) is 10.1. The first kappa shape index (κ1) is 16.3. The van der Waals surface area contributed by atoms with Crippen molar-refractivity contribution in [2.45, 2.75) is 26.5 Å². The Morgan fingerprint density at radius 1 is 1.48 bits per heavy atom. The SMILES string of the molecule is CCN1CCOC(c2nc(C)cc(CNCCOC)n2)C1. The van der Waals surface area contributed by atoms with E-state index in [1.807, 2.05) is 13.0 Å². The number of nitrogens with one attached hydrogen (secondary N) is 1. The maximum atomic E-state index is 5.84. The van der Waals surface area contributed by atoms with E-state index >= 15 is 0 Å². The van der Waals surface area contributed by atoms with Crippen molar-refractivity contribution in [1.29, 1.82) is 0 Å². The number of hydrogen-bond acceptors (Lipinski definition) is 6. The molecular formula is C15H26N4O2. The molecule has 21 heavy (non-hydrogen) atoms. The zero-order chi connectivity index (χ0) is 15.1. The third-order valence-electron chi connectivity index (χ3n) is 3.60. The van der Waals surface area contributed by atoms with Crippen LogP contribution in [0, 0.1) is 6.92 Å². The molecule has 0 bridgehead atoms. The van der Waals surface area contributed by atoms with Crippen LogP contribution in [0.25, 0.3) is 0 Å². The molecule has 1 saturated heterocycles. The number of morpholine rings is 1. The normalized spacial score (nSPS) is 19.9. The fourth-order valence-corrected chi connectivity index (χ4v) is 2.43. The zero-order valence-electron chi connectivity index (χ0n) is 13.3. The lowest BCUT2D eigenvalue weighted by molar-refractivity contribution is -0.0327. The van der Waals surface area contributed by atoms with Gasteiger partial charge in [-0.3, -0.25) is 4.90 Å². The minimum atomic E-state index is -0.0173. The van der Waals surface area contributed by atoms with Crippen molar-refractivity contribution in [3.63, 3.8) is 0 Å². The van der Waals surface area contributed by atoms with Gasteiger partial charge in [-0.15, -0.1) is 0 Å². The highest BCUT2D eigenvalue weighted by atomic mass is 16.5. The van der Waals surface area contributed by atoms with Gasteiger partial charge in [0.15, 0.2) is 5.82 Å². The van der Waals surface area contributed by atoms with Crippen molar-refractivity contribution in [2.24, 2.45) is 0 Å². The number of ether oxygens (including phenoxy) is 2. The summed E-state index contributed by atoms with van der Waals surface area (Å²) in [7, 11) is 1.70. The molecule has 1 aliphatic rings. The molecule has 2 rings (SSSR count). The zero-order valence-corrected chi connectivity index (χ0v) is 13.3. The summed E-state index contributed by atoms with van der Waals surface area (Å²) in [6, 6.07) is 2.02. The molecular weight excluding hydrogens is 268 g/mol. The molecule has 0 spiro atoms. The van der Waals surface area contributed by atoms with Gasteiger partial charge in [-0.1, -0.05) is 6.92 Å². The molecule has 1 atom stereocenters. The number of aromatic nitrogens is 2. The van der Waals surface area contributed by atoms with Gasteiger partial charge in [0.1, 0.15) is 6.10 Å². The van der Waals surface area contributed by atoms with E-state index in [4.69, 9.17) is 9.47 Å². The van der Waals surface area contributed by atoms with Crippen LogP contribution in [0.2, 0.25) is 0 Å². The summed E-state index contributed by atoms with van der Waals surface area (Å²) in [6.07, 6.45) is -0.0173. The smallest absolute Gasteiger partial charge is 0.158 e. The Balaban J connectivity index is 2.00. The van der Waals surface area contributed by atoms with E-state index in [1.165, 1.54) is 0 Å². The van der Waals surface area contributed by atoms with Crippen LogP contribution in [0.4, 0.5) is 0 Å². The van der Waals surface area contributed by atoms with Gasteiger partial charge in [0, 0.05) is 39.0 Å². The number of hydrogen-bond donors (Lipinski definition) is 1. The minimum absolute atomic E-state index is 0.0173. The van der Waals surface area contributed by atoms with E-state index in [1.54, 1.807) is 7.11 Å². The lowest BCUT2D eigenvalue weighted by atomic mass is 10.2. The van der Waals surface area contributed by atoms with E-state index in [0.717, 1.165) is 56.5 Å². The predicted octanol–water partition coefficient (Wildman–Crippen LogP) is 0.914. The molecule has 1 fully saturated rings. The third kappa shape index (κ3) is 5.00. The molecule has 1 unspecified atom stereocenters. The van der Waals surface area contributed by atoms with Gasteiger partial charge < -0.3 is 14.8 Å². The first-order valence-electron chi connectivity index (χ1n) is 7.61. The number of likely N-dealkylation sites (N-methyl/N-ethyl adjacent to an activating group) is 1. The Kier molecular flexibility index (Phi) is 6.50. The van der Waals surface area contributed by atoms with E-state index in [2.05, 4.69) is 27.1 Å². The second-order valence-corrected chi connectivity index (χ2v) is 5.28. The van der Waals surface area contributed by atoms with Gasteiger partial charge in [-0.05, 0) is 19.5 Å². The van der Waals surface area contributed by atoms with Gasteiger partial charge >= 0.3 is 0 Å². The predicted molar refractivity (Wildman–Crippen MR) is 81.2 cm³/mol. The number of rotatable bonds is 7. The summed E-state index contributed by atoms with van der Waals surface area (Å²) < 4.78 is 10.9. The van der Waals surface area contributed by atoms with Crippen molar-refractivity contribution >= 4 is 0 Å². The average Bonchev–Trinajstić information content (AvgIpc) is 2.51. The Labute approximate surface area is 126 Å². The summed E-state index contributed by atoms with van der Waals surface area (Å²) in [5.74, 6) is 0.802. The van der Waals surface area contributed by atoms with E-state index < -0.39 is 0 Å². The third-order valence-corrected chi connectivity index (χ3v) is 3.60. The maximum absolute atomic E-state index is 5.84. The second kappa shape index (κ2) is 8.38. The maximum Gasteiger partial charge on any atom is 0.158 e. The van der Waals surface area contributed by atoms with E-state index in [0.29, 0.717) is 6.61 Å². The Morgan fingerprint density at radius 3 is 3.10 bits per heavy atom. The number of methoxy groups -OCH3 is 1. The van der Waals surface area contributed by atoms with Gasteiger partial charge in [-0.2, -0.15) is 0 Å². The molecule has 1 aromatic rings. The van der Waals surface area contributed by atoms with Crippen LogP contribution >= 0.6 is 0 Å². The minimum Gasteiger partial charge on any atom is -0.383 e. The summed E-state index contributed by atoms with van der Waals surface area (Å²) >= 11 is 0. The first-order chi connectivity index (χ1) is 10.2. The van der Waals surface area contributed by atoms with Crippen molar-refractivity contribution < 1.29 is 9.47 Å². The molecule has 0 aliphatic carbocycles. The number of aryl methyl sites for hydroxylation is 1. The van der Waals surface area contributed by atoms with Crippen LogP contribution in [0.5, 0.6) is 0 Å². The van der Waals surface area contributed by atoms with E-state index in [9.17, 15) is 0 Å². The average molecular weight is 294 g/mol. The van der Waals surface area contributed by atoms with Crippen molar-refractivity contribution in [2.75, 3.05) is 46.5 Å². The highest BCUT2D eigenvalue weighted by Gasteiger charge is 2.23. The molecule has 1 N–H and O–H groups in total. The molecule has 6 heteroatoms. The van der Waals surface area contributed by atoms with Crippen molar-refractivity contribution in [1.82, 2.24) is 20.2 Å². The van der Waals surface area contributed by atoms with Crippen molar-refractivity contribution in [3.05, 3.63) is 23.3 Å². The summed E-state index contributed by atoms with van der Waals surface area (Å²) in [5.41, 5.74) is 1.99. The quantitative estimate of drug-likeness (QED) is 0.755. The summed E-state index contributed by atoms with van der Waals surface area (Å²) in [5, 5.41) is 3.31. The van der Waals surface area contributed by atoms with Gasteiger partial charge in [0.05, 0.1) is 18.9 Å². The largest absolute Gasteiger partial charge is 0.383 e. The molecule has 0 radical (unpaired) electrons. The highest BCUT2D eigenvalue weighted by molar-refractivity contribution is 5.12. The fourth-order valence-electron chi connectivity index (χ4n) is 2.43. The lowest BCUT2D eigenvalue weighted by Crippen LogP contribution is -2.38. The molecule has 6 nitrogen and oxygen atoms in total. The van der Waals surface area contributed by atoms with Crippen LogP contribution in [0.15, 0.2) is 6.07 Å². The molecule has 118 valence electrons. The Morgan fingerprint density at radius 2 is 2.33 bits per heavy atom. The summed E-state index contributed by atoms with van der Waals surface area (Å²) in [4.78, 5) is 11.6. The van der Waals surface area contributed by atoms with Crippen LogP contribution in [0.3, 0.4) is 0 Å². The van der Waals surface area contributed by atoms with Gasteiger partial charge in [0.2, 0.25) is 0 Å². The molecule has 2 heterocycles. The second-order valence-electron chi connectivity index (χ2n) is 5.28. The topological polar surface area (TPSA) is 59.5 Å². The number of nitrogens with zero attached hydrogens (tertiary/aromatic N) is 3. The highest BCUT2D eigenvalue weighted by Crippen LogP contribution is 2.19. The van der Waals surface area contributed by atoms with Gasteiger partial charge in [0.25, 0.3) is 0 Å². The molecule has 1 aliphatic heterocycles. The molecule has 0 amide bonds.